The van der Waals surface area contributed by atoms with Crippen molar-refractivity contribution in [2.75, 3.05) is 17.2 Å². The highest BCUT2D eigenvalue weighted by molar-refractivity contribution is 6.31. The molecule has 0 radical (unpaired) electrons. The quantitative estimate of drug-likeness (QED) is 0.692. The van der Waals surface area contributed by atoms with Gasteiger partial charge in [-0.2, -0.15) is 5.10 Å². The number of amides is 1. The lowest BCUT2D eigenvalue weighted by atomic mass is 10.2. The maximum absolute atomic E-state index is 13.1. The number of rotatable bonds is 5. The van der Waals surface area contributed by atoms with E-state index >= 15 is 0 Å². The first-order valence-corrected chi connectivity index (χ1v) is 8.07. The number of hydrogen-bond acceptors (Lipinski definition) is 3. The van der Waals surface area contributed by atoms with E-state index in [4.69, 9.17) is 23.2 Å². The molecular weight excluding hydrogens is 366 g/mol. The minimum atomic E-state index is -0.541. The third-order valence-electron chi connectivity index (χ3n) is 3.35. The molecule has 0 saturated heterocycles. The fraction of sp³-hybridized carbons (Fsp3) is 0.0588. The molecule has 0 aliphatic carbocycles. The molecule has 1 aromatic heterocycles. The number of benzene rings is 2. The molecular formula is C17H13Cl2FN4O. The molecule has 0 bridgehead atoms. The monoisotopic (exact) mass is 378 g/mol. The first kappa shape index (κ1) is 17.3. The van der Waals surface area contributed by atoms with Gasteiger partial charge in [-0.15, -0.1) is 0 Å². The maximum Gasteiger partial charge on any atom is 0.243 e. The predicted octanol–water partition coefficient (Wildman–Crippen LogP) is 4.37. The molecule has 1 amide bonds. The normalized spacial score (nSPS) is 10.5. The van der Waals surface area contributed by atoms with Crippen molar-refractivity contribution in [2.45, 2.75) is 0 Å². The van der Waals surface area contributed by atoms with E-state index in [9.17, 15) is 9.18 Å². The molecule has 0 atom stereocenters. The molecule has 3 rings (SSSR count). The molecule has 8 heteroatoms. The Balaban J connectivity index is 1.70. The minimum absolute atomic E-state index is 0.0103. The van der Waals surface area contributed by atoms with E-state index in [1.54, 1.807) is 41.3 Å². The fourth-order valence-electron chi connectivity index (χ4n) is 2.22. The second-order valence-corrected chi connectivity index (χ2v) is 5.99. The first-order chi connectivity index (χ1) is 12.0. The molecule has 5 nitrogen and oxygen atoms in total. The summed E-state index contributed by atoms with van der Waals surface area (Å²) in [6, 6.07) is 11.0. The van der Waals surface area contributed by atoms with Crippen LogP contribution in [0.15, 0.2) is 54.9 Å². The highest BCUT2D eigenvalue weighted by atomic mass is 35.5. The van der Waals surface area contributed by atoms with Crippen LogP contribution in [0.3, 0.4) is 0 Å². The van der Waals surface area contributed by atoms with Crippen LogP contribution in [0.2, 0.25) is 10.0 Å². The van der Waals surface area contributed by atoms with Crippen LogP contribution >= 0.6 is 23.2 Å². The van der Waals surface area contributed by atoms with Gasteiger partial charge in [0.25, 0.3) is 0 Å². The zero-order valence-corrected chi connectivity index (χ0v) is 14.4. The van der Waals surface area contributed by atoms with Gasteiger partial charge in [0, 0.05) is 23.1 Å². The number of nitrogens with one attached hydrogen (secondary N) is 2. The Bertz CT molecular complexity index is 900. The van der Waals surface area contributed by atoms with Crippen LogP contribution in [-0.2, 0) is 4.79 Å². The number of halogens is 3. The molecule has 0 aliphatic heterocycles. The SMILES string of the molecule is O=C(CNc1cc(Cl)ccc1-n1cccn1)Nc1ccc(F)c(Cl)c1. The van der Waals surface area contributed by atoms with Gasteiger partial charge in [0.1, 0.15) is 5.82 Å². The van der Waals surface area contributed by atoms with Crippen molar-refractivity contribution in [1.82, 2.24) is 9.78 Å². The lowest BCUT2D eigenvalue weighted by molar-refractivity contribution is -0.114. The number of aromatic nitrogens is 2. The van der Waals surface area contributed by atoms with E-state index in [1.165, 1.54) is 18.2 Å². The van der Waals surface area contributed by atoms with Gasteiger partial charge in [0.2, 0.25) is 5.91 Å². The van der Waals surface area contributed by atoms with Crippen molar-refractivity contribution < 1.29 is 9.18 Å². The lowest BCUT2D eigenvalue weighted by Gasteiger charge is -2.13. The highest BCUT2D eigenvalue weighted by Crippen LogP contribution is 2.24. The molecule has 128 valence electrons. The van der Waals surface area contributed by atoms with E-state index in [2.05, 4.69) is 15.7 Å². The van der Waals surface area contributed by atoms with Gasteiger partial charge in [-0.1, -0.05) is 23.2 Å². The van der Waals surface area contributed by atoms with E-state index in [1.807, 2.05) is 0 Å². The largest absolute Gasteiger partial charge is 0.374 e. The van der Waals surface area contributed by atoms with Crippen molar-refractivity contribution in [2.24, 2.45) is 0 Å². The van der Waals surface area contributed by atoms with Gasteiger partial charge in [0.05, 0.1) is 22.9 Å². The summed E-state index contributed by atoms with van der Waals surface area (Å²) in [5.41, 5.74) is 1.83. The Labute approximate surface area is 153 Å². The molecule has 0 aliphatic rings. The van der Waals surface area contributed by atoms with Crippen molar-refractivity contribution in [1.29, 1.82) is 0 Å². The maximum atomic E-state index is 13.1. The summed E-state index contributed by atoms with van der Waals surface area (Å²) in [5.74, 6) is -0.852. The summed E-state index contributed by atoms with van der Waals surface area (Å²) >= 11 is 11.7. The molecule has 1 heterocycles. The third-order valence-corrected chi connectivity index (χ3v) is 3.88. The molecule has 0 saturated carbocycles. The van der Waals surface area contributed by atoms with E-state index < -0.39 is 5.82 Å². The Morgan fingerprint density at radius 3 is 2.76 bits per heavy atom. The van der Waals surface area contributed by atoms with Gasteiger partial charge in [-0.3, -0.25) is 4.79 Å². The van der Waals surface area contributed by atoms with Crippen molar-refractivity contribution >= 4 is 40.5 Å². The first-order valence-electron chi connectivity index (χ1n) is 7.31. The Kier molecular flexibility index (Phi) is 5.21. The van der Waals surface area contributed by atoms with Crippen LogP contribution < -0.4 is 10.6 Å². The van der Waals surface area contributed by atoms with Gasteiger partial charge < -0.3 is 10.6 Å². The Morgan fingerprint density at radius 2 is 2.04 bits per heavy atom. The smallest absolute Gasteiger partial charge is 0.243 e. The molecule has 25 heavy (non-hydrogen) atoms. The van der Waals surface area contributed by atoms with E-state index in [-0.39, 0.29) is 17.5 Å². The summed E-state index contributed by atoms with van der Waals surface area (Å²) in [6.07, 6.45) is 3.44. The van der Waals surface area contributed by atoms with Gasteiger partial charge in [-0.25, -0.2) is 9.07 Å². The number of carbonyl (C=O) groups is 1. The Morgan fingerprint density at radius 1 is 1.20 bits per heavy atom. The molecule has 0 spiro atoms. The van der Waals surface area contributed by atoms with Crippen LogP contribution in [0.4, 0.5) is 15.8 Å². The Hall–Kier alpha value is -2.57. The van der Waals surface area contributed by atoms with Crippen LogP contribution in [0.25, 0.3) is 5.69 Å². The number of anilines is 2. The highest BCUT2D eigenvalue weighted by Gasteiger charge is 2.09. The lowest BCUT2D eigenvalue weighted by Crippen LogP contribution is -2.22. The number of hydrogen-bond donors (Lipinski definition) is 2. The topological polar surface area (TPSA) is 59.0 Å². The van der Waals surface area contributed by atoms with Crippen molar-refractivity contribution in [3.8, 4) is 5.69 Å². The minimum Gasteiger partial charge on any atom is -0.374 e. The van der Waals surface area contributed by atoms with E-state index in [0.29, 0.717) is 16.4 Å². The van der Waals surface area contributed by atoms with E-state index in [0.717, 1.165) is 5.69 Å². The molecule has 2 aromatic carbocycles. The van der Waals surface area contributed by atoms with Crippen LogP contribution in [0, 0.1) is 5.82 Å². The zero-order valence-electron chi connectivity index (χ0n) is 12.8. The van der Waals surface area contributed by atoms with Gasteiger partial charge in [-0.05, 0) is 42.5 Å². The average molecular weight is 379 g/mol. The van der Waals surface area contributed by atoms with Crippen LogP contribution in [0.5, 0.6) is 0 Å². The second-order valence-electron chi connectivity index (χ2n) is 5.14. The van der Waals surface area contributed by atoms with Crippen LogP contribution in [-0.4, -0.2) is 22.2 Å². The van der Waals surface area contributed by atoms with Crippen molar-refractivity contribution in [3.05, 3.63) is 70.7 Å². The summed E-state index contributed by atoms with van der Waals surface area (Å²) in [7, 11) is 0. The molecule has 3 aromatic rings. The second kappa shape index (κ2) is 7.55. The zero-order chi connectivity index (χ0) is 17.8. The predicted molar refractivity (Wildman–Crippen MR) is 97.1 cm³/mol. The van der Waals surface area contributed by atoms with Crippen molar-refractivity contribution in [3.63, 3.8) is 0 Å². The van der Waals surface area contributed by atoms with Gasteiger partial charge >= 0.3 is 0 Å². The summed E-state index contributed by atoms with van der Waals surface area (Å²) in [5, 5.41) is 10.3. The fourth-order valence-corrected chi connectivity index (χ4v) is 2.57. The molecule has 0 fully saturated rings. The van der Waals surface area contributed by atoms with Crippen LogP contribution in [0.1, 0.15) is 0 Å². The average Bonchev–Trinajstić information content (AvgIpc) is 3.11. The summed E-state index contributed by atoms with van der Waals surface area (Å²) < 4.78 is 14.8. The summed E-state index contributed by atoms with van der Waals surface area (Å²) in [4.78, 5) is 12.1. The summed E-state index contributed by atoms with van der Waals surface area (Å²) in [6.45, 7) is -0.0103. The number of carbonyl (C=O) groups excluding carboxylic acids is 1. The molecule has 0 unspecified atom stereocenters. The third kappa shape index (κ3) is 4.29. The van der Waals surface area contributed by atoms with Gasteiger partial charge in [0.15, 0.2) is 0 Å². The number of nitrogens with zero attached hydrogens (tertiary/aromatic N) is 2. The molecule has 2 N–H and O–H groups in total. The standard InChI is InChI=1S/C17H13Cl2FN4O/c18-11-2-5-16(24-7-1-6-22-24)15(8-11)21-10-17(25)23-12-3-4-14(20)13(19)9-12/h1-9,21H,10H2,(H,23,25).